The molecule has 102 valence electrons. The highest BCUT2D eigenvalue weighted by Gasteiger charge is 2.42. The van der Waals surface area contributed by atoms with Crippen LogP contribution in [0.25, 0.3) is 0 Å². The molecule has 1 saturated carbocycles. The standard InChI is InChI=1S/C13H27NO2S/c1-5-9-14-12-7-8-13(11(12)4)17(15,16)10(3)6-2/h10-14H,5-9H2,1-4H3. The maximum Gasteiger partial charge on any atom is 0.156 e. The van der Waals surface area contributed by atoms with Crippen LogP contribution in [0.3, 0.4) is 0 Å². The van der Waals surface area contributed by atoms with Gasteiger partial charge in [-0.1, -0.05) is 20.8 Å². The lowest BCUT2D eigenvalue weighted by Gasteiger charge is -2.24. The largest absolute Gasteiger partial charge is 0.314 e. The van der Waals surface area contributed by atoms with E-state index in [1.807, 2.05) is 13.8 Å². The molecule has 0 amide bonds. The van der Waals surface area contributed by atoms with E-state index in [0.29, 0.717) is 6.04 Å². The van der Waals surface area contributed by atoms with Crippen molar-refractivity contribution in [3.8, 4) is 0 Å². The molecule has 4 atom stereocenters. The van der Waals surface area contributed by atoms with Crippen molar-refractivity contribution in [2.24, 2.45) is 5.92 Å². The van der Waals surface area contributed by atoms with Gasteiger partial charge in [0, 0.05) is 6.04 Å². The minimum Gasteiger partial charge on any atom is -0.314 e. The van der Waals surface area contributed by atoms with E-state index < -0.39 is 9.84 Å². The van der Waals surface area contributed by atoms with Gasteiger partial charge < -0.3 is 5.32 Å². The van der Waals surface area contributed by atoms with Crippen molar-refractivity contribution in [2.45, 2.75) is 69.9 Å². The molecule has 1 N–H and O–H groups in total. The van der Waals surface area contributed by atoms with Crippen molar-refractivity contribution in [3.63, 3.8) is 0 Å². The average molecular weight is 261 g/mol. The summed E-state index contributed by atoms with van der Waals surface area (Å²) < 4.78 is 24.7. The quantitative estimate of drug-likeness (QED) is 0.798. The number of rotatable bonds is 6. The monoisotopic (exact) mass is 261 g/mol. The number of hydrogen-bond donors (Lipinski definition) is 1. The van der Waals surface area contributed by atoms with Gasteiger partial charge in [-0.15, -0.1) is 0 Å². The Bertz CT molecular complexity index is 326. The maximum atomic E-state index is 12.4. The molecule has 0 spiro atoms. The van der Waals surface area contributed by atoms with Crippen LogP contribution in [-0.2, 0) is 9.84 Å². The Balaban J connectivity index is 2.69. The first-order chi connectivity index (χ1) is 7.95. The highest BCUT2D eigenvalue weighted by Crippen LogP contribution is 2.33. The van der Waals surface area contributed by atoms with E-state index in [0.717, 1.165) is 32.2 Å². The summed E-state index contributed by atoms with van der Waals surface area (Å²) >= 11 is 0. The molecule has 1 aliphatic rings. The van der Waals surface area contributed by atoms with Crippen LogP contribution in [0.15, 0.2) is 0 Å². The fourth-order valence-corrected chi connectivity index (χ4v) is 5.05. The van der Waals surface area contributed by atoms with Crippen LogP contribution in [0.5, 0.6) is 0 Å². The normalized spacial score (nSPS) is 31.6. The van der Waals surface area contributed by atoms with Gasteiger partial charge >= 0.3 is 0 Å². The Morgan fingerprint density at radius 1 is 1.29 bits per heavy atom. The number of hydrogen-bond acceptors (Lipinski definition) is 3. The Morgan fingerprint density at radius 3 is 2.47 bits per heavy atom. The molecule has 0 aromatic rings. The molecule has 3 nitrogen and oxygen atoms in total. The third-order valence-corrected chi connectivity index (χ3v) is 7.16. The molecule has 0 saturated heterocycles. The maximum absolute atomic E-state index is 12.4. The molecule has 0 bridgehead atoms. The lowest BCUT2D eigenvalue weighted by atomic mass is 10.1. The van der Waals surface area contributed by atoms with Gasteiger partial charge in [-0.25, -0.2) is 8.42 Å². The minimum absolute atomic E-state index is 0.133. The second-order valence-electron chi connectivity index (χ2n) is 5.34. The second kappa shape index (κ2) is 6.19. The first-order valence-corrected chi connectivity index (χ1v) is 8.52. The summed E-state index contributed by atoms with van der Waals surface area (Å²) in [6.07, 6.45) is 3.65. The third-order valence-electron chi connectivity index (χ3n) is 4.20. The Labute approximate surface area is 106 Å². The highest BCUT2D eigenvalue weighted by molar-refractivity contribution is 7.92. The summed E-state index contributed by atoms with van der Waals surface area (Å²) in [6.45, 7) is 9.01. The van der Waals surface area contributed by atoms with Crippen molar-refractivity contribution in [3.05, 3.63) is 0 Å². The van der Waals surface area contributed by atoms with Crippen LogP contribution >= 0.6 is 0 Å². The summed E-state index contributed by atoms with van der Waals surface area (Å²) in [4.78, 5) is 0. The summed E-state index contributed by atoms with van der Waals surface area (Å²) in [5.74, 6) is 0.251. The van der Waals surface area contributed by atoms with Crippen LogP contribution in [0.4, 0.5) is 0 Å². The highest BCUT2D eigenvalue weighted by atomic mass is 32.2. The van der Waals surface area contributed by atoms with Crippen LogP contribution in [-0.4, -0.2) is 31.5 Å². The predicted molar refractivity (Wildman–Crippen MR) is 72.9 cm³/mol. The molecule has 4 unspecified atom stereocenters. The van der Waals surface area contributed by atoms with Gasteiger partial charge in [0.15, 0.2) is 9.84 Å². The molecule has 0 radical (unpaired) electrons. The Hall–Kier alpha value is -0.0900. The van der Waals surface area contributed by atoms with Gasteiger partial charge in [-0.2, -0.15) is 0 Å². The van der Waals surface area contributed by atoms with Gasteiger partial charge in [0.05, 0.1) is 10.5 Å². The van der Waals surface area contributed by atoms with Crippen molar-refractivity contribution in [2.75, 3.05) is 6.54 Å². The van der Waals surface area contributed by atoms with Crippen LogP contribution < -0.4 is 5.32 Å². The summed E-state index contributed by atoms with van der Waals surface area (Å²) in [5, 5.41) is 3.15. The molecular formula is C13H27NO2S. The zero-order valence-corrected chi connectivity index (χ0v) is 12.4. The molecule has 1 aliphatic carbocycles. The molecular weight excluding hydrogens is 234 g/mol. The van der Waals surface area contributed by atoms with Gasteiger partial charge in [-0.3, -0.25) is 0 Å². The Kier molecular flexibility index (Phi) is 5.45. The average Bonchev–Trinajstić information content (AvgIpc) is 2.67. The van der Waals surface area contributed by atoms with Crippen molar-refractivity contribution < 1.29 is 8.42 Å². The van der Waals surface area contributed by atoms with Crippen LogP contribution in [0.2, 0.25) is 0 Å². The zero-order valence-electron chi connectivity index (χ0n) is 11.6. The fourth-order valence-electron chi connectivity index (χ4n) is 2.74. The van der Waals surface area contributed by atoms with Gasteiger partial charge in [-0.05, 0) is 45.1 Å². The zero-order chi connectivity index (χ0) is 13.1. The van der Waals surface area contributed by atoms with E-state index in [-0.39, 0.29) is 16.4 Å². The molecule has 1 fully saturated rings. The minimum atomic E-state index is -2.94. The predicted octanol–water partition coefficient (Wildman–Crippen LogP) is 2.37. The van der Waals surface area contributed by atoms with Crippen molar-refractivity contribution in [1.29, 1.82) is 0 Å². The third kappa shape index (κ3) is 3.22. The topological polar surface area (TPSA) is 46.2 Å². The van der Waals surface area contributed by atoms with E-state index in [2.05, 4.69) is 19.2 Å². The number of sulfone groups is 1. The van der Waals surface area contributed by atoms with E-state index in [4.69, 9.17) is 0 Å². The van der Waals surface area contributed by atoms with Crippen LogP contribution in [0.1, 0.15) is 53.4 Å². The first kappa shape index (κ1) is 15.0. The Morgan fingerprint density at radius 2 is 1.94 bits per heavy atom. The summed E-state index contributed by atoms with van der Waals surface area (Å²) in [7, 11) is -2.94. The fraction of sp³-hybridized carbons (Fsp3) is 1.00. The van der Waals surface area contributed by atoms with Crippen molar-refractivity contribution in [1.82, 2.24) is 5.32 Å². The van der Waals surface area contributed by atoms with Crippen LogP contribution in [0, 0.1) is 5.92 Å². The van der Waals surface area contributed by atoms with E-state index in [1.54, 1.807) is 0 Å². The molecule has 0 heterocycles. The SMILES string of the molecule is CCCNC1CCC(S(=O)(=O)C(C)CC)C1C. The lowest BCUT2D eigenvalue weighted by molar-refractivity contribution is 0.423. The number of nitrogens with one attached hydrogen (secondary N) is 1. The van der Waals surface area contributed by atoms with E-state index in [1.165, 1.54) is 0 Å². The molecule has 0 aromatic heterocycles. The summed E-state index contributed by atoms with van der Waals surface area (Å²) in [6, 6.07) is 0.388. The van der Waals surface area contributed by atoms with Gasteiger partial charge in [0.2, 0.25) is 0 Å². The molecule has 0 aliphatic heterocycles. The summed E-state index contributed by atoms with van der Waals surface area (Å²) in [5.41, 5.74) is 0. The lowest BCUT2D eigenvalue weighted by Crippen LogP contribution is -2.39. The van der Waals surface area contributed by atoms with Crippen molar-refractivity contribution >= 4 is 9.84 Å². The van der Waals surface area contributed by atoms with E-state index >= 15 is 0 Å². The second-order valence-corrected chi connectivity index (χ2v) is 7.93. The molecule has 0 aromatic carbocycles. The van der Waals surface area contributed by atoms with Gasteiger partial charge in [0.1, 0.15) is 0 Å². The molecule has 17 heavy (non-hydrogen) atoms. The first-order valence-electron chi connectivity index (χ1n) is 6.91. The molecule has 1 rings (SSSR count). The molecule has 4 heteroatoms. The van der Waals surface area contributed by atoms with Gasteiger partial charge in [0.25, 0.3) is 0 Å². The smallest absolute Gasteiger partial charge is 0.156 e. The van der Waals surface area contributed by atoms with E-state index in [9.17, 15) is 8.42 Å².